The predicted octanol–water partition coefficient (Wildman–Crippen LogP) is 3.65. The molecule has 0 fully saturated rings. The summed E-state index contributed by atoms with van der Waals surface area (Å²) in [7, 11) is 0. The molecule has 0 bridgehead atoms. The number of aliphatic imine (C=N–C) groups is 1. The largest absolute Gasteiger partial charge is 0.383 e. The highest BCUT2D eigenvalue weighted by Crippen LogP contribution is 2.24. The van der Waals surface area contributed by atoms with Gasteiger partial charge in [-0.1, -0.05) is 12.1 Å². The molecule has 3 N–H and O–H groups in total. The molecule has 1 aromatic carbocycles. The van der Waals surface area contributed by atoms with Crippen molar-refractivity contribution < 1.29 is 9.50 Å². The number of hydrogen-bond acceptors (Lipinski definition) is 4. The number of nitrogens with zero attached hydrogens (tertiary/aromatic N) is 3. The first-order valence-electron chi connectivity index (χ1n) is 9.05. The van der Waals surface area contributed by atoms with Gasteiger partial charge in [-0.3, -0.25) is 0 Å². The zero-order valence-corrected chi connectivity index (χ0v) is 19.4. The van der Waals surface area contributed by atoms with Gasteiger partial charge in [0.2, 0.25) is 0 Å². The maximum atomic E-state index is 14.4. The van der Waals surface area contributed by atoms with Crippen molar-refractivity contribution in [2.75, 3.05) is 13.1 Å². The molecule has 6 nitrogen and oxygen atoms in total. The first-order chi connectivity index (χ1) is 13.5. The Hall–Kier alpha value is -1.98. The van der Waals surface area contributed by atoms with Gasteiger partial charge in [-0.25, -0.2) is 14.4 Å². The quantitative estimate of drug-likeness (QED) is 0.248. The van der Waals surface area contributed by atoms with Crippen molar-refractivity contribution in [1.82, 2.24) is 20.2 Å². The minimum Gasteiger partial charge on any atom is -0.383 e. The molecule has 3 rings (SSSR count). The number of thiophene rings is 1. The lowest BCUT2D eigenvalue weighted by Crippen LogP contribution is -2.44. The molecule has 2 heterocycles. The first kappa shape index (κ1) is 23.3. The summed E-state index contributed by atoms with van der Waals surface area (Å²) in [6.45, 7) is 5.04. The van der Waals surface area contributed by atoms with E-state index in [1.54, 1.807) is 36.3 Å². The van der Waals surface area contributed by atoms with Crippen LogP contribution >= 0.6 is 35.3 Å². The van der Waals surface area contributed by atoms with E-state index >= 15 is 0 Å². The fourth-order valence-electron chi connectivity index (χ4n) is 2.70. The molecule has 0 radical (unpaired) electrons. The van der Waals surface area contributed by atoms with E-state index in [1.165, 1.54) is 17.4 Å². The van der Waals surface area contributed by atoms with Crippen LogP contribution in [0.5, 0.6) is 0 Å². The standard InChI is InChI=1S/C20H24FN5OS.HI/c1-3-23-19(25-13-20(2,27)18-5-4-10-28-18)24-12-15-6-7-17(16(21)11-15)26-9-8-22-14-26;/h4-11,14,27H,3,12-13H2,1-2H3,(H2,23,24,25);1H. The Morgan fingerprint density at radius 1 is 1.34 bits per heavy atom. The van der Waals surface area contributed by atoms with Gasteiger partial charge in [-0.05, 0) is 43.0 Å². The van der Waals surface area contributed by atoms with Gasteiger partial charge < -0.3 is 20.3 Å². The summed E-state index contributed by atoms with van der Waals surface area (Å²) in [4.78, 5) is 9.32. The summed E-state index contributed by atoms with van der Waals surface area (Å²) in [5.41, 5.74) is 0.203. The lowest BCUT2D eigenvalue weighted by molar-refractivity contribution is 0.0655. The van der Waals surface area contributed by atoms with Gasteiger partial charge in [-0.2, -0.15) is 0 Å². The second-order valence-corrected chi connectivity index (χ2v) is 7.50. The molecule has 1 unspecified atom stereocenters. The topological polar surface area (TPSA) is 74.5 Å². The molecule has 3 aromatic rings. The number of guanidine groups is 1. The van der Waals surface area contributed by atoms with Crippen LogP contribution in [0, 0.1) is 5.82 Å². The molecule has 0 spiro atoms. The summed E-state index contributed by atoms with van der Waals surface area (Å²) >= 11 is 1.51. The van der Waals surface area contributed by atoms with Crippen molar-refractivity contribution in [3.8, 4) is 5.69 Å². The molecule has 0 aliphatic heterocycles. The van der Waals surface area contributed by atoms with E-state index in [9.17, 15) is 9.50 Å². The van der Waals surface area contributed by atoms with Crippen molar-refractivity contribution in [3.63, 3.8) is 0 Å². The highest BCUT2D eigenvalue weighted by atomic mass is 127. The first-order valence-corrected chi connectivity index (χ1v) is 9.93. The third kappa shape index (κ3) is 6.25. The maximum absolute atomic E-state index is 14.4. The van der Waals surface area contributed by atoms with E-state index in [2.05, 4.69) is 20.6 Å². The molecule has 0 aliphatic rings. The van der Waals surface area contributed by atoms with Crippen molar-refractivity contribution in [2.45, 2.75) is 26.0 Å². The van der Waals surface area contributed by atoms with Crippen molar-refractivity contribution in [3.05, 3.63) is 70.7 Å². The molecule has 0 saturated heterocycles. The molecule has 29 heavy (non-hydrogen) atoms. The number of hydrogen-bond donors (Lipinski definition) is 3. The van der Waals surface area contributed by atoms with Crippen LogP contribution in [-0.2, 0) is 12.1 Å². The van der Waals surface area contributed by atoms with Crippen molar-refractivity contribution in [1.29, 1.82) is 0 Å². The van der Waals surface area contributed by atoms with Crippen LogP contribution < -0.4 is 10.6 Å². The molecule has 0 amide bonds. The van der Waals surface area contributed by atoms with E-state index in [0.717, 1.165) is 10.4 Å². The molecule has 1 atom stereocenters. The van der Waals surface area contributed by atoms with Gasteiger partial charge in [0.25, 0.3) is 0 Å². The third-order valence-electron chi connectivity index (χ3n) is 4.21. The summed E-state index contributed by atoms with van der Waals surface area (Å²) < 4.78 is 16.0. The second-order valence-electron chi connectivity index (χ2n) is 6.56. The lowest BCUT2D eigenvalue weighted by atomic mass is 10.1. The van der Waals surface area contributed by atoms with E-state index < -0.39 is 5.60 Å². The Morgan fingerprint density at radius 2 is 2.17 bits per heavy atom. The van der Waals surface area contributed by atoms with Crippen LogP contribution in [0.3, 0.4) is 0 Å². The third-order valence-corrected chi connectivity index (χ3v) is 5.33. The number of nitrogens with one attached hydrogen (secondary N) is 2. The molecule has 9 heteroatoms. The Balaban J connectivity index is 0.00000300. The average molecular weight is 529 g/mol. The minimum atomic E-state index is -0.997. The maximum Gasteiger partial charge on any atom is 0.191 e. The van der Waals surface area contributed by atoms with E-state index in [1.807, 2.05) is 30.5 Å². The zero-order valence-electron chi connectivity index (χ0n) is 16.3. The number of halogens is 2. The summed E-state index contributed by atoms with van der Waals surface area (Å²) in [5, 5.41) is 18.9. The van der Waals surface area contributed by atoms with E-state index in [4.69, 9.17) is 0 Å². The van der Waals surface area contributed by atoms with Crippen LogP contribution in [0.15, 0.2) is 59.4 Å². The Morgan fingerprint density at radius 3 is 2.79 bits per heavy atom. The van der Waals surface area contributed by atoms with Crippen molar-refractivity contribution >= 4 is 41.3 Å². The smallest absolute Gasteiger partial charge is 0.191 e. The number of imidazole rings is 1. The molecular weight excluding hydrogens is 504 g/mol. The number of rotatable bonds is 7. The SMILES string of the molecule is CCNC(=NCc1ccc(-n2ccnc2)c(F)c1)NCC(C)(O)c1cccs1.I. The van der Waals surface area contributed by atoms with Crippen LogP contribution in [0.1, 0.15) is 24.3 Å². The normalized spacial score (nSPS) is 13.4. The Labute approximate surface area is 190 Å². The van der Waals surface area contributed by atoms with Gasteiger partial charge >= 0.3 is 0 Å². The van der Waals surface area contributed by atoms with E-state index in [0.29, 0.717) is 31.3 Å². The molecule has 156 valence electrons. The highest BCUT2D eigenvalue weighted by molar-refractivity contribution is 14.0. The van der Waals surface area contributed by atoms with Crippen LogP contribution in [-0.4, -0.2) is 33.7 Å². The Bertz CT molecular complexity index is 913. The summed E-state index contributed by atoms with van der Waals surface area (Å²) in [5.74, 6) is 0.239. The fraction of sp³-hybridized carbons (Fsp3) is 0.300. The summed E-state index contributed by atoms with van der Waals surface area (Å²) in [6.07, 6.45) is 4.86. The minimum absolute atomic E-state index is 0. The van der Waals surface area contributed by atoms with Gasteiger partial charge in [0.1, 0.15) is 11.4 Å². The molecule has 0 saturated carbocycles. The second kappa shape index (κ2) is 10.7. The summed E-state index contributed by atoms with van der Waals surface area (Å²) in [6, 6.07) is 8.85. The van der Waals surface area contributed by atoms with E-state index in [-0.39, 0.29) is 29.8 Å². The van der Waals surface area contributed by atoms with Crippen LogP contribution in [0.4, 0.5) is 4.39 Å². The number of benzene rings is 1. The van der Waals surface area contributed by atoms with Gasteiger partial charge in [0.05, 0.1) is 25.1 Å². The molecule has 2 aromatic heterocycles. The number of aliphatic hydroxyl groups is 1. The number of aromatic nitrogens is 2. The van der Waals surface area contributed by atoms with Gasteiger partial charge in [-0.15, -0.1) is 35.3 Å². The Kier molecular flexibility index (Phi) is 8.60. The van der Waals surface area contributed by atoms with Crippen LogP contribution in [0.2, 0.25) is 0 Å². The fourth-order valence-corrected chi connectivity index (χ4v) is 3.49. The predicted molar refractivity (Wildman–Crippen MR) is 126 cm³/mol. The monoisotopic (exact) mass is 529 g/mol. The van der Waals surface area contributed by atoms with Crippen LogP contribution in [0.25, 0.3) is 5.69 Å². The van der Waals surface area contributed by atoms with Crippen molar-refractivity contribution in [2.24, 2.45) is 4.99 Å². The zero-order chi connectivity index (χ0) is 20.0. The average Bonchev–Trinajstić information content (AvgIpc) is 3.38. The lowest BCUT2D eigenvalue weighted by Gasteiger charge is -2.23. The molecule has 0 aliphatic carbocycles. The van der Waals surface area contributed by atoms with Gasteiger partial charge in [0.15, 0.2) is 5.96 Å². The molecular formula is C20H25FIN5OS. The van der Waals surface area contributed by atoms with Gasteiger partial charge in [0, 0.05) is 23.8 Å². The highest BCUT2D eigenvalue weighted by Gasteiger charge is 2.24.